The Labute approximate surface area is 354 Å². The number of nitrogens with zero attached hydrogens (tertiary/aromatic N) is 3. The van der Waals surface area contributed by atoms with Crippen LogP contribution in [0.15, 0.2) is 30.5 Å². The van der Waals surface area contributed by atoms with Gasteiger partial charge in [0.05, 0.1) is 24.4 Å². The van der Waals surface area contributed by atoms with Crippen LogP contribution in [0.1, 0.15) is 134 Å². The Kier molecular flexibility index (Phi) is 13.5. The van der Waals surface area contributed by atoms with Gasteiger partial charge in [0.15, 0.2) is 22.3 Å². The van der Waals surface area contributed by atoms with E-state index < -0.39 is 24.7 Å². The highest BCUT2D eigenvalue weighted by atomic mass is 28.4. The molecule has 0 saturated carbocycles. The summed E-state index contributed by atoms with van der Waals surface area (Å²) in [5, 5.41) is 13.2. The third-order valence-electron chi connectivity index (χ3n) is 14.1. The van der Waals surface area contributed by atoms with Crippen LogP contribution >= 0.6 is 0 Å². The summed E-state index contributed by atoms with van der Waals surface area (Å²) in [7, 11) is -5.35. The molecule has 9 nitrogen and oxygen atoms in total. The average Bonchev–Trinajstić information content (AvgIpc) is 3.65. The lowest BCUT2D eigenvalue weighted by Gasteiger charge is -2.47. The number of nitrogens with one attached hydrogen (secondary N) is 1. The van der Waals surface area contributed by atoms with Gasteiger partial charge in [0, 0.05) is 32.1 Å². The number of anilines is 1. The second-order valence-electron chi connectivity index (χ2n) is 22.9. The van der Waals surface area contributed by atoms with Crippen LogP contribution in [0.3, 0.4) is 0 Å². The number of ether oxygens (including phenoxy) is 2. The molecule has 1 aromatic heterocycles. The van der Waals surface area contributed by atoms with E-state index in [1.807, 2.05) is 0 Å². The summed E-state index contributed by atoms with van der Waals surface area (Å²) in [4.78, 5) is 18.5. The van der Waals surface area contributed by atoms with Crippen LogP contribution in [0.2, 0.25) is 61.9 Å². The van der Waals surface area contributed by atoms with Crippen LogP contribution in [0.25, 0.3) is 5.57 Å². The lowest BCUT2D eigenvalue weighted by atomic mass is 9.75. The number of rotatable bonds is 15. The van der Waals surface area contributed by atoms with Crippen molar-refractivity contribution in [3.63, 3.8) is 0 Å². The van der Waals surface area contributed by atoms with Crippen molar-refractivity contribution in [2.45, 2.75) is 186 Å². The number of allylic oxidation sites excluding steroid dienone is 2. The highest BCUT2D eigenvalue weighted by Gasteiger charge is 2.57. The van der Waals surface area contributed by atoms with Gasteiger partial charge in [-0.2, -0.15) is 5.26 Å². The van der Waals surface area contributed by atoms with Crippen LogP contribution in [-0.2, 0) is 25.1 Å². The fourth-order valence-corrected chi connectivity index (χ4v) is 10.7. The minimum absolute atomic E-state index is 0.101. The quantitative estimate of drug-likeness (QED) is 0.140. The minimum Gasteiger partial charge on any atom is -0.414 e. The molecule has 3 heterocycles. The maximum Gasteiger partial charge on any atom is 0.291 e. The summed E-state index contributed by atoms with van der Waals surface area (Å²) in [6, 6.07) is 9.75. The number of hydrogen-bond acceptors (Lipinski definition) is 7. The summed E-state index contributed by atoms with van der Waals surface area (Å²) >= 11 is 0. The van der Waals surface area contributed by atoms with E-state index in [2.05, 4.69) is 142 Å². The second kappa shape index (κ2) is 16.8. The van der Waals surface area contributed by atoms with Gasteiger partial charge in [-0.1, -0.05) is 87.2 Å². The van der Waals surface area contributed by atoms with Crippen LogP contribution in [0, 0.1) is 16.7 Å². The predicted molar refractivity (Wildman–Crippen MR) is 245 cm³/mol. The Hall–Kier alpha value is -2.38. The van der Waals surface area contributed by atoms with Crippen molar-refractivity contribution in [1.82, 2.24) is 9.55 Å². The standard InChI is InChI=1S/C46H76N4O5Si3/c1-42(2,3)57(12,13)53-31-45-22-23-46(55-45,32-54-58(14,15)43(4,5)6)28-36(27-45)35-16-17-39(38(26-35)34-18-20-44(7,8)21-19-34)49-41(51)40-48-37(29-47)30-50(40)33-52-24-25-56(9,10)11/h16-18,26,30,36H,19-25,27-28,31-33H2,1-15H3,(H,49,51)/t36-,45+,46-. The van der Waals surface area contributed by atoms with Gasteiger partial charge >= 0.3 is 0 Å². The molecule has 2 aliphatic heterocycles. The number of benzene rings is 1. The summed E-state index contributed by atoms with van der Waals surface area (Å²) in [6.07, 6.45) is 10.6. The molecule has 1 aliphatic carbocycles. The molecule has 322 valence electrons. The fraction of sp³-hybridized carbons (Fsp3) is 0.717. The van der Waals surface area contributed by atoms with Crippen LogP contribution in [-0.4, -0.2) is 71.2 Å². The first-order chi connectivity index (χ1) is 26.6. The zero-order valence-electron chi connectivity index (χ0n) is 38.8. The van der Waals surface area contributed by atoms with E-state index in [-0.39, 0.29) is 56.8 Å². The Morgan fingerprint density at radius 3 is 2.03 bits per heavy atom. The molecule has 0 spiro atoms. The van der Waals surface area contributed by atoms with E-state index in [0.29, 0.717) is 19.8 Å². The lowest BCUT2D eigenvalue weighted by Crippen LogP contribution is -2.53. The first-order valence-electron chi connectivity index (χ1n) is 21.8. The van der Waals surface area contributed by atoms with E-state index in [9.17, 15) is 10.1 Å². The van der Waals surface area contributed by atoms with Gasteiger partial charge in [0.25, 0.3) is 5.91 Å². The highest BCUT2D eigenvalue weighted by molar-refractivity contribution is 6.76. The molecule has 58 heavy (non-hydrogen) atoms. The molecule has 0 unspecified atom stereocenters. The number of fused-ring (bicyclic) bond motifs is 2. The van der Waals surface area contributed by atoms with E-state index in [4.69, 9.17) is 18.3 Å². The second-order valence-corrected chi connectivity index (χ2v) is 38.1. The Morgan fingerprint density at radius 2 is 1.53 bits per heavy atom. The summed E-state index contributed by atoms with van der Waals surface area (Å²) < 4.78 is 28.9. The molecule has 2 bridgehead atoms. The van der Waals surface area contributed by atoms with E-state index >= 15 is 0 Å². The van der Waals surface area contributed by atoms with Gasteiger partial charge in [-0.3, -0.25) is 4.79 Å². The molecule has 1 aromatic carbocycles. The zero-order valence-corrected chi connectivity index (χ0v) is 41.8. The van der Waals surface area contributed by atoms with Gasteiger partial charge in [-0.15, -0.1) is 0 Å². The molecule has 3 aliphatic rings. The molecule has 2 fully saturated rings. The number of nitriles is 1. The largest absolute Gasteiger partial charge is 0.414 e. The Balaban J connectivity index is 1.49. The zero-order chi connectivity index (χ0) is 43.2. The maximum absolute atomic E-state index is 14.1. The minimum atomic E-state index is -2.03. The normalized spacial score (nSPS) is 24.0. The van der Waals surface area contributed by atoms with Crippen molar-refractivity contribution in [3.8, 4) is 6.07 Å². The van der Waals surface area contributed by atoms with E-state index in [1.165, 1.54) is 11.1 Å². The maximum atomic E-state index is 14.1. The van der Waals surface area contributed by atoms with E-state index in [0.717, 1.165) is 62.2 Å². The Bertz CT molecular complexity index is 1830. The summed E-state index contributed by atoms with van der Waals surface area (Å²) in [6.45, 7) is 36.7. The number of carbonyl (C=O) groups excluding carboxylic acids is 1. The SMILES string of the molecule is CC1(C)CC=C(c2cc([C@H]3C[C@@]4(CO[Si](C)(C)C(C)(C)C)CC[C@@](CO[Si](C)(C)C(C)(C)C)(C3)O4)ccc2NC(=O)c2nc(C#N)cn2COCC[Si](C)(C)C)CC1. The van der Waals surface area contributed by atoms with Gasteiger partial charge in [-0.05, 0) is 122 Å². The predicted octanol–water partition coefficient (Wildman–Crippen LogP) is 12.1. The lowest BCUT2D eigenvalue weighted by molar-refractivity contribution is -0.173. The number of carbonyl (C=O) groups is 1. The van der Waals surface area contributed by atoms with Crippen molar-refractivity contribution in [3.05, 3.63) is 53.1 Å². The molecular formula is C46H76N4O5Si3. The van der Waals surface area contributed by atoms with Crippen molar-refractivity contribution < 1.29 is 23.1 Å². The summed E-state index contributed by atoms with van der Waals surface area (Å²) in [5.41, 5.74) is 3.99. The first kappa shape index (κ1) is 46.7. The van der Waals surface area contributed by atoms with Gasteiger partial charge < -0.3 is 28.2 Å². The molecule has 2 saturated heterocycles. The molecule has 0 radical (unpaired) electrons. The van der Waals surface area contributed by atoms with Crippen molar-refractivity contribution in [2.24, 2.45) is 5.41 Å². The van der Waals surface area contributed by atoms with Crippen molar-refractivity contribution >= 4 is 41.9 Å². The van der Waals surface area contributed by atoms with Crippen LogP contribution < -0.4 is 5.32 Å². The third kappa shape index (κ3) is 11.1. The number of imidazole rings is 1. The number of amides is 1. The summed E-state index contributed by atoms with van der Waals surface area (Å²) in [5.74, 6) is 0.0529. The molecule has 2 aromatic rings. The average molecular weight is 849 g/mol. The van der Waals surface area contributed by atoms with Gasteiger partial charge in [-0.25, -0.2) is 4.98 Å². The smallest absolute Gasteiger partial charge is 0.291 e. The molecule has 3 atom stereocenters. The fourth-order valence-electron chi connectivity index (χ4n) is 7.87. The first-order valence-corrected chi connectivity index (χ1v) is 31.3. The Morgan fingerprint density at radius 1 is 0.948 bits per heavy atom. The highest BCUT2D eigenvalue weighted by Crippen LogP contribution is 2.55. The topological polar surface area (TPSA) is 108 Å². The molecule has 1 amide bonds. The molecule has 12 heteroatoms. The number of hydrogen-bond donors (Lipinski definition) is 1. The van der Waals surface area contributed by atoms with Crippen LogP contribution in [0.5, 0.6) is 0 Å². The van der Waals surface area contributed by atoms with Gasteiger partial charge in [0.2, 0.25) is 5.82 Å². The molecular weight excluding hydrogens is 773 g/mol. The van der Waals surface area contributed by atoms with Crippen molar-refractivity contribution in [2.75, 3.05) is 25.1 Å². The molecule has 1 N–H and O–H groups in total. The number of aromatic nitrogens is 2. The van der Waals surface area contributed by atoms with Crippen molar-refractivity contribution in [1.29, 1.82) is 5.26 Å². The van der Waals surface area contributed by atoms with E-state index in [1.54, 1.807) is 10.8 Å². The van der Waals surface area contributed by atoms with Crippen LogP contribution in [0.4, 0.5) is 5.69 Å². The van der Waals surface area contributed by atoms with Gasteiger partial charge in [0.1, 0.15) is 12.8 Å². The monoisotopic (exact) mass is 849 g/mol. The molecule has 5 rings (SSSR count). The third-order valence-corrected chi connectivity index (χ3v) is 24.8.